The monoisotopic (exact) mass is 225 g/mol. The van der Waals surface area contributed by atoms with Crippen molar-refractivity contribution in [2.75, 3.05) is 0 Å². The third kappa shape index (κ3) is 3.60. The van der Waals surface area contributed by atoms with Gasteiger partial charge < -0.3 is 21.1 Å². The lowest BCUT2D eigenvalue weighted by molar-refractivity contribution is -0.138. The molecule has 0 bridgehead atoms. The minimum absolute atomic E-state index is 0. The summed E-state index contributed by atoms with van der Waals surface area (Å²) in [7, 11) is 0. The molecule has 0 aliphatic carbocycles. The van der Waals surface area contributed by atoms with Crippen LogP contribution in [0.5, 0.6) is 11.5 Å². The van der Waals surface area contributed by atoms with E-state index in [2.05, 4.69) is 0 Å². The molecule has 5 N–H and O–H groups in total. The van der Waals surface area contributed by atoms with E-state index in [4.69, 9.17) is 21.1 Å². The van der Waals surface area contributed by atoms with Crippen LogP contribution >= 0.6 is 0 Å². The van der Waals surface area contributed by atoms with Crippen LogP contribution in [0.1, 0.15) is 5.56 Å². The molecule has 1 atom stereocenters. The van der Waals surface area contributed by atoms with Crippen molar-refractivity contribution < 1.29 is 20.1 Å². The van der Waals surface area contributed by atoms with E-state index in [-0.39, 0.29) is 28.9 Å². The molecule has 0 amide bonds. The molecule has 0 heterocycles. The molecule has 4 radical (unpaired) electrons. The van der Waals surface area contributed by atoms with Crippen molar-refractivity contribution in [3.8, 4) is 11.5 Å². The summed E-state index contributed by atoms with van der Waals surface area (Å²) in [6.45, 7) is 0. The van der Waals surface area contributed by atoms with Crippen LogP contribution in [0.3, 0.4) is 0 Å². The van der Waals surface area contributed by atoms with Gasteiger partial charge in [-0.05, 0) is 24.1 Å². The van der Waals surface area contributed by atoms with Crippen LogP contribution in [0.25, 0.3) is 0 Å². The van der Waals surface area contributed by atoms with E-state index in [1.165, 1.54) is 18.2 Å². The van der Waals surface area contributed by atoms with Crippen LogP contribution in [0.2, 0.25) is 0 Å². The van der Waals surface area contributed by atoms with Crippen molar-refractivity contribution in [1.29, 1.82) is 0 Å². The lowest BCUT2D eigenvalue weighted by Crippen LogP contribution is -2.32. The molecule has 0 saturated heterocycles. The van der Waals surface area contributed by atoms with Crippen molar-refractivity contribution in [3.63, 3.8) is 0 Å². The van der Waals surface area contributed by atoms with Gasteiger partial charge in [0.2, 0.25) is 0 Å². The fraction of sp³-hybridized carbons (Fsp3) is 0.222. The highest BCUT2D eigenvalue weighted by Crippen LogP contribution is 2.25. The third-order valence-corrected chi connectivity index (χ3v) is 1.81. The number of hydrogen-bond donors (Lipinski definition) is 4. The standard InChI is InChI=1S/C9H11NO4.Si/c10-6(9(13)14)3-5-1-2-7(11)8(12)4-5;/h1-2,4,6,11-12H,3,10H2,(H,13,14);/t6-;/m0./s1. The number of carbonyl (C=O) groups is 1. The van der Waals surface area contributed by atoms with E-state index in [1.54, 1.807) is 0 Å². The maximum atomic E-state index is 10.4. The molecule has 6 heteroatoms. The number of benzene rings is 1. The average molecular weight is 225 g/mol. The largest absolute Gasteiger partial charge is 0.504 e. The van der Waals surface area contributed by atoms with Crippen molar-refractivity contribution >= 4 is 16.9 Å². The predicted molar refractivity (Wildman–Crippen MR) is 54.8 cm³/mol. The number of rotatable bonds is 3. The molecule has 0 aromatic heterocycles. The number of hydrogen-bond acceptors (Lipinski definition) is 4. The average Bonchev–Trinajstić information content (AvgIpc) is 2.11. The molecule has 0 unspecified atom stereocenters. The zero-order chi connectivity index (χ0) is 10.7. The summed E-state index contributed by atoms with van der Waals surface area (Å²) in [5.41, 5.74) is 5.86. The topological polar surface area (TPSA) is 104 Å². The summed E-state index contributed by atoms with van der Waals surface area (Å²) < 4.78 is 0. The Kier molecular flexibility index (Phi) is 4.82. The lowest BCUT2D eigenvalue weighted by Gasteiger charge is -2.06. The van der Waals surface area contributed by atoms with Gasteiger partial charge in [0, 0.05) is 11.0 Å². The lowest BCUT2D eigenvalue weighted by atomic mass is 10.1. The molecule has 15 heavy (non-hydrogen) atoms. The van der Waals surface area contributed by atoms with Gasteiger partial charge in [-0.15, -0.1) is 0 Å². The summed E-state index contributed by atoms with van der Waals surface area (Å²) in [4.78, 5) is 10.4. The van der Waals surface area contributed by atoms with Gasteiger partial charge in [0.1, 0.15) is 6.04 Å². The Bertz CT molecular complexity index is 356. The minimum atomic E-state index is -1.10. The maximum absolute atomic E-state index is 10.4. The van der Waals surface area contributed by atoms with Gasteiger partial charge in [0.05, 0.1) is 0 Å². The summed E-state index contributed by atoms with van der Waals surface area (Å²) in [5, 5.41) is 26.6. The van der Waals surface area contributed by atoms with Crippen molar-refractivity contribution in [2.24, 2.45) is 5.73 Å². The van der Waals surface area contributed by atoms with E-state index in [0.29, 0.717) is 5.56 Å². The van der Waals surface area contributed by atoms with Gasteiger partial charge in [-0.2, -0.15) is 0 Å². The number of aromatic hydroxyl groups is 2. The van der Waals surface area contributed by atoms with Crippen molar-refractivity contribution in [2.45, 2.75) is 12.5 Å². The van der Waals surface area contributed by atoms with Crippen LogP contribution in [0.4, 0.5) is 0 Å². The quantitative estimate of drug-likeness (QED) is 0.416. The summed E-state index contributed by atoms with van der Waals surface area (Å²) >= 11 is 0. The Morgan fingerprint density at radius 2 is 1.93 bits per heavy atom. The highest BCUT2D eigenvalue weighted by Gasteiger charge is 2.12. The van der Waals surface area contributed by atoms with E-state index in [9.17, 15) is 4.79 Å². The normalized spacial score (nSPS) is 11.5. The Labute approximate surface area is 91.2 Å². The highest BCUT2D eigenvalue weighted by atomic mass is 28.1. The van der Waals surface area contributed by atoms with Crippen LogP contribution < -0.4 is 5.73 Å². The Hall–Kier alpha value is -1.53. The zero-order valence-corrected chi connectivity index (χ0v) is 8.84. The van der Waals surface area contributed by atoms with Crippen molar-refractivity contribution in [3.05, 3.63) is 23.8 Å². The molecular formula is C9H11NO4Si. The van der Waals surface area contributed by atoms with Gasteiger partial charge in [-0.1, -0.05) is 6.07 Å². The Morgan fingerprint density at radius 1 is 1.33 bits per heavy atom. The molecule has 5 nitrogen and oxygen atoms in total. The fourth-order valence-electron chi connectivity index (χ4n) is 1.04. The molecular weight excluding hydrogens is 214 g/mol. The molecule has 1 aromatic rings. The first-order valence-corrected chi connectivity index (χ1v) is 4.00. The van der Waals surface area contributed by atoms with Gasteiger partial charge in [0.15, 0.2) is 11.5 Å². The number of carboxylic acid groups (broad SMARTS) is 1. The molecule has 0 saturated carbocycles. The Morgan fingerprint density at radius 3 is 2.40 bits per heavy atom. The summed E-state index contributed by atoms with van der Waals surface area (Å²) in [5.74, 6) is -1.62. The van der Waals surface area contributed by atoms with Crippen LogP contribution in [0.15, 0.2) is 18.2 Å². The first kappa shape index (κ1) is 13.5. The fourth-order valence-corrected chi connectivity index (χ4v) is 1.04. The van der Waals surface area contributed by atoms with E-state index < -0.39 is 12.0 Å². The van der Waals surface area contributed by atoms with Crippen LogP contribution in [-0.2, 0) is 11.2 Å². The summed E-state index contributed by atoms with van der Waals surface area (Å²) in [6.07, 6.45) is 0.114. The van der Waals surface area contributed by atoms with Crippen LogP contribution in [-0.4, -0.2) is 38.3 Å². The predicted octanol–water partition coefficient (Wildman–Crippen LogP) is -0.329. The molecule has 80 valence electrons. The molecule has 0 aliphatic rings. The number of nitrogens with two attached hydrogens (primary N) is 1. The van der Waals surface area contributed by atoms with E-state index >= 15 is 0 Å². The third-order valence-electron chi connectivity index (χ3n) is 1.81. The molecule has 1 aromatic carbocycles. The van der Waals surface area contributed by atoms with Gasteiger partial charge in [-0.25, -0.2) is 0 Å². The van der Waals surface area contributed by atoms with Crippen molar-refractivity contribution in [1.82, 2.24) is 0 Å². The Balaban J connectivity index is 0.00000196. The molecule has 0 spiro atoms. The zero-order valence-electron chi connectivity index (χ0n) is 7.84. The first-order valence-electron chi connectivity index (χ1n) is 4.00. The van der Waals surface area contributed by atoms with Crippen LogP contribution in [0, 0.1) is 0 Å². The first-order chi connectivity index (χ1) is 6.50. The number of phenols is 2. The summed E-state index contributed by atoms with van der Waals surface area (Å²) in [6, 6.07) is 3.09. The smallest absolute Gasteiger partial charge is 0.320 e. The number of phenolic OH excluding ortho intramolecular Hbond substituents is 2. The second-order valence-electron chi connectivity index (χ2n) is 2.97. The maximum Gasteiger partial charge on any atom is 0.320 e. The molecule has 1 rings (SSSR count). The molecule has 0 aliphatic heterocycles. The second kappa shape index (κ2) is 5.37. The molecule has 0 fully saturated rings. The number of carboxylic acids is 1. The van der Waals surface area contributed by atoms with Gasteiger partial charge in [0.25, 0.3) is 0 Å². The highest BCUT2D eigenvalue weighted by molar-refractivity contribution is 5.75. The van der Waals surface area contributed by atoms with E-state index in [1.807, 2.05) is 0 Å². The number of aliphatic carboxylic acids is 1. The minimum Gasteiger partial charge on any atom is -0.504 e. The second-order valence-corrected chi connectivity index (χ2v) is 2.97. The van der Waals surface area contributed by atoms with Gasteiger partial charge >= 0.3 is 5.97 Å². The van der Waals surface area contributed by atoms with E-state index in [0.717, 1.165) is 0 Å². The SMILES string of the molecule is N[C@@H](Cc1ccc(O)c(O)c1)C(=O)O.[Si]. The van der Waals surface area contributed by atoms with Gasteiger partial charge in [-0.3, -0.25) is 4.79 Å².